The Balaban J connectivity index is 2.20. The maximum Gasteiger partial charge on any atom is 0.336 e. The molecule has 0 aromatic heterocycles. The molecule has 0 amide bonds. The zero-order valence-corrected chi connectivity index (χ0v) is 12.8. The van der Waals surface area contributed by atoms with Crippen LogP contribution < -0.4 is 4.72 Å². The topological polar surface area (TPSA) is 86.7 Å². The van der Waals surface area contributed by atoms with Gasteiger partial charge in [0.05, 0.1) is 11.3 Å². The molecule has 1 aliphatic rings. The van der Waals surface area contributed by atoms with Crippen LogP contribution in [0, 0.1) is 6.92 Å². The summed E-state index contributed by atoms with van der Waals surface area (Å²) in [6.07, 6.45) is 3.80. The van der Waals surface area contributed by atoms with Crippen molar-refractivity contribution in [3.05, 3.63) is 29.3 Å². The number of aromatic carboxylic acids is 1. The average Bonchev–Trinajstić information content (AvgIpc) is 2.70. The highest BCUT2D eigenvalue weighted by Gasteiger charge is 2.23. The Morgan fingerprint density at radius 3 is 2.38 bits per heavy atom. The van der Waals surface area contributed by atoms with Crippen LogP contribution in [-0.2, 0) is 10.2 Å². The summed E-state index contributed by atoms with van der Waals surface area (Å²) in [4.78, 5) is 11.1. The summed E-state index contributed by atoms with van der Waals surface area (Å²) in [5.74, 6) is -1.07. The van der Waals surface area contributed by atoms with Crippen molar-refractivity contribution in [2.24, 2.45) is 0 Å². The minimum atomic E-state index is -3.62. The highest BCUT2D eigenvalue weighted by Crippen LogP contribution is 2.19. The Labute approximate surface area is 125 Å². The van der Waals surface area contributed by atoms with E-state index in [1.54, 1.807) is 19.1 Å². The number of rotatable bonds is 4. The van der Waals surface area contributed by atoms with Crippen LogP contribution in [0.5, 0.6) is 0 Å². The van der Waals surface area contributed by atoms with Crippen molar-refractivity contribution in [1.29, 1.82) is 0 Å². The van der Waals surface area contributed by atoms with Gasteiger partial charge in [-0.25, -0.2) is 4.79 Å². The van der Waals surface area contributed by atoms with Gasteiger partial charge in [0.1, 0.15) is 0 Å². The Hall–Kier alpha value is -1.60. The van der Waals surface area contributed by atoms with Gasteiger partial charge in [0.2, 0.25) is 0 Å². The first-order valence-corrected chi connectivity index (χ1v) is 8.46. The van der Waals surface area contributed by atoms with E-state index in [0.29, 0.717) is 18.7 Å². The van der Waals surface area contributed by atoms with Crippen molar-refractivity contribution >= 4 is 21.9 Å². The number of hydrogen-bond donors (Lipinski definition) is 2. The maximum atomic E-state index is 12.3. The molecule has 0 bridgehead atoms. The zero-order chi connectivity index (χ0) is 15.5. The van der Waals surface area contributed by atoms with Crippen molar-refractivity contribution in [2.75, 3.05) is 17.8 Å². The van der Waals surface area contributed by atoms with Crippen LogP contribution >= 0.6 is 0 Å². The fourth-order valence-electron chi connectivity index (χ4n) is 2.41. The van der Waals surface area contributed by atoms with Crippen molar-refractivity contribution in [2.45, 2.75) is 32.6 Å². The minimum Gasteiger partial charge on any atom is -0.478 e. The highest BCUT2D eigenvalue weighted by atomic mass is 32.2. The van der Waals surface area contributed by atoms with Gasteiger partial charge in [0.25, 0.3) is 0 Å². The first kappa shape index (κ1) is 15.8. The van der Waals surface area contributed by atoms with Gasteiger partial charge in [-0.2, -0.15) is 12.7 Å². The van der Waals surface area contributed by atoms with E-state index in [1.807, 2.05) is 0 Å². The summed E-state index contributed by atoms with van der Waals surface area (Å²) in [5.41, 5.74) is 0.980. The minimum absolute atomic E-state index is 0.103. The van der Waals surface area contributed by atoms with Crippen LogP contribution in [0.2, 0.25) is 0 Å². The summed E-state index contributed by atoms with van der Waals surface area (Å²) < 4.78 is 28.6. The van der Waals surface area contributed by atoms with E-state index in [9.17, 15) is 13.2 Å². The second-order valence-electron chi connectivity index (χ2n) is 5.26. The number of carboxylic acids is 1. The molecule has 1 aromatic rings. The molecule has 1 aliphatic heterocycles. The van der Waals surface area contributed by atoms with Crippen molar-refractivity contribution in [1.82, 2.24) is 4.31 Å². The van der Waals surface area contributed by atoms with E-state index < -0.39 is 16.2 Å². The smallest absolute Gasteiger partial charge is 0.336 e. The molecule has 2 rings (SSSR count). The molecule has 0 unspecified atom stereocenters. The molecule has 2 N–H and O–H groups in total. The van der Waals surface area contributed by atoms with Gasteiger partial charge < -0.3 is 5.11 Å². The average molecular weight is 312 g/mol. The second kappa shape index (κ2) is 6.44. The lowest BCUT2D eigenvalue weighted by Gasteiger charge is -2.21. The predicted octanol–water partition coefficient (Wildman–Crippen LogP) is 2.23. The Morgan fingerprint density at radius 1 is 1.19 bits per heavy atom. The van der Waals surface area contributed by atoms with Crippen molar-refractivity contribution in [3.63, 3.8) is 0 Å². The van der Waals surface area contributed by atoms with E-state index in [4.69, 9.17) is 5.11 Å². The van der Waals surface area contributed by atoms with Gasteiger partial charge in [-0.15, -0.1) is 0 Å². The van der Waals surface area contributed by atoms with E-state index in [2.05, 4.69) is 4.72 Å². The molecule has 0 spiro atoms. The van der Waals surface area contributed by atoms with Gasteiger partial charge in [-0.1, -0.05) is 18.9 Å². The van der Waals surface area contributed by atoms with Crippen LogP contribution in [-0.4, -0.2) is 36.9 Å². The van der Waals surface area contributed by atoms with Gasteiger partial charge in [-0.3, -0.25) is 4.72 Å². The Morgan fingerprint density at radius 2 is 1.81 bits per heavy atom. The molecule has 6 nitrogen and oxygen atoms in total. The van der Waals surface area contributed by atoms with Crippen LogP contribution in [0.4, 0.5) is 5.69 Å². The lowest BCUT2D eigenvalue weighted by atomic mass is 10.1. The summed E-state index contributed by atoms with van der Waals surface area (Å²) in [5, 5.41) is 9.09. The summed E-state index contributed by atoms with van der Waals surface area (Å²) in [6.45, 7) is 2.69. The van der Waals surface area contributed by atoms with Gasteiger partial charge in [0.15, 0.2) is 0 Å². The van der Waals surface area contributed by atoms with Crippen LogP contribution in [0.15, 0.2) is 18.2 Å². The third kappa shape index (κ3) is 3.95. The number of aryl methyl sites for hydroxylation is 1. The van der Waals surface area contributed by atoms with E-state index in [0.717, 1.165) is 25.7 Å². The molecule has 1 fully saturated rings. The van der Waals surface area contributed by atoms with Crippen molar-refractivity contribution in [3.8, 4) is 0 Å². The van der Waals surface area contributed by atoms with Crippen LogP contribution in [0.3, 0.4) is 0 Å². The van der Waals surface area contributed by atoms with Gasteiger partial charge in [-0.05, 0) is 37.5 Å². The molecule has 21 heavy (non-hydrogen) atoms. The fourth-order valence-corrected chi connectivity index (χ4v) is 3.70. The normalized spacial score (nSPS) is 17.2. The zero-order valence-electron chi connectivity index (χ0n) is 12.0. The lowest BCUT2D eigenvalue weighted by Crippen LogP contribution is -2.36. The van der Waals surface area contributed by atoms with E-state index in [1.165, 1.54) is 10.4 Å². The summed E-state index contributed by atoms with van der Waals surface area (Å²) >= 11 is 0. The molecule has 116 valence electrons. The predicted molar refractivity (Wildman–Crippen MR) is 80.7 cm³/mol. The number of nitrogens with zero attached hydrogens (tertiary/aromatic N) is 1. The fraction of sp³-hybridized carbons (Fsp3) is 0.500. The monoisotopic (exact) mass is 312 g/mol. The Bertz CT molecular complexity index is 620. The molecule has 0 aliphatic carbocycles. The van der Waals surface area contributed by atoms with Gasteiger partial charge in [0, 0.05) is 13.1 Å². The van der Waals surface area contributed by atoms with Gasteiger partial charge >= 0.3 is 16.2 Å². The molecular formula is C14H20N2O4S. The standard InChI is InChI=1S/C14H20N2O4S/c1-11-6-7-12(10-13(11)14(17)18)15-21(19,20)16-8-4-2-3-5-9-16/h6-7,10,15H,2-5,8-9H2,1H3,(H,17,18). The summed E-state index contributed by atoms with van der Waals surface area (Å²) in [7, 11) is -3.62. The Kier molecular flexibility index (Phi) is 4.84. The van der Waals surface area contributed by atoms with Crippen LogP contribution in [0.25, 0.3) is 0 Å². The SMILES string of the molecule is Cc1ccc(NS(=O)(=O)N2CCCCCC2)cc1C(=O)O. The second-order valence-corrected chi connectivity index (χ2v) is 6.93. The molecule has 7 heteroatoms. The van der Waals surface area contributed by atoms with Crippen LogP contribution in [0.1, 0.15) is 41.6 Å². The lowest BCUT2D eigenvalue weighted by molar-refractivity contribution is 0.0696. The number of benzene rings is 1. The third-order valence-electron chi connectivity index (χ3n) is 3.62. The number of nitrogens with one attached hydrogen (secondary N) is 1. The third-order valence-corrected chi connectivity index (χ3v) is 5.16. The molecule has 0 radical (unpaired) electrons. The number of hydrogen-bond acceptors (Lipinski definition) is 3. The van der Waals surface area contributed by atoms with Crippen molar-refractivity contribution < 1.29 is 18.3 Å². The molecule has 1 heterocycles. The largest absolute Gasteiger partial charge is 0.478 e. The molecule has 0 atom stereocenters. The summed E-state index contributed by atoms with van der Waals surface area (Å²) in [6, 6.07) is 4.54. The first-order valence-electron chi connectivity index (χ1n) is 7.02. The molecular weight excluding hydrogens is 292 g/mol. The molecule has 0 saturated carbocycles. The quantitative estimate of drug-likeness (QED) is 0.892. The first-order chi connectivity index (χ1) is 9.90. The molecule has 1 aromatic carbocycles. The number of carbonyl (C=O) groups is 1. The maximum absolute atomic E-state index is 12.3. The molecule has 1 saturated heterocycles. The number of carboxylic acid groups (broad SMARTS) is 1. The number of anilines is 1. The van der Waals surface area contributed by atoms with E-state index >= 15 is 0 Å². The highest BCUT2D eigenvalue weighted by molar-refractivity contribution is 7.90. The van der Waals surface area contributed by atoms with E-state index in [-0.39, 0.29) is 11.3 Å².